The maximum absolute atomic E-state index is 11.4. The molecule has 1 N–H and O–H groups in total. The number of carbonyl (C=O) groups is 1. The Labute approximate surface area is 163 Å². The van der Waals surface area contributed by atoms with Gasteiger partial charge in [0.25, 0.3) is 0 Å². The Morgan fingerprint density at radius 1 is 1.16 bits per heavy atom. The van der Waals surface area contributed by atoms with Crippen LogP contribution < -0.4 is 0 Å². The molecule has 0 saturated carbocycles. The molecule has 0 atom stereocenters. The molecule has 2 aromatic rings. The fraction of sp³-hybridized carbons (Fsp3) is 0.350. The van der Waals surface area contributed by atoms with Crippen LogP contribution in [0.15, 0.2) is 46.9 Å². The fourth-order valence-electron chi connectivity index (χ4n) is 3.65. The zero-order valence-electron chi connectivity index (χ0n) is 14.2. The van der Waals surface area contributed by atoms with E-state index in [1.54, 1.807) is 6.07 Å². The molecule has 3 rings (SSSR count). The molecule has 3 nitrogen and oxygen atoms in total. The number of hydrogen-bond donors (Lipinski definition) is 1. The first-order valence-corrected chi connectivity index (χ1v) is 9.14. The van der Waals surface area contributed by atoms with Gasteiger partial charge in [0, 0.05) is 11.0 Å². The Bertz CT molecular complexity index is 728. The Morgan fingerprint density at radius 3 is 2.40 bits per heavy atom. The molecule has 1 aliphatic heterocycles. The van der Waals surface area contributed by atoms with Gasteiger partial charge in [-0.2, -0.15) is 0 Å². The van der Waals surface area contributed by atoms with Gasteiger partial charge in [-0.3, -0.25) is 4.90 Å². The van der Waals surface area contributed by atoms with Crippen LogP contribution in [0.3, 0.4) is 0 Å². The minimum absolute atomic E-state index is 0. The SMILES string of the molecule is Cc1c(C(=O)O)ccc(Br)c1C1CCN(Cc2ccccc2)CC1.Cl. The van der Waals surface area contributed by atoms with Gasteiger partial charge in [-0.05, 0) is 67.6 Å². The number of benzene rings is 2. The average molecular weight is 425 g/mol. The molecule has 0 spiro atoms. The van der Waals surface area contributed by atoms with Crippen molar-refractivity contribution in [3.63, 3.8) is 0 Å². The summed E-state index contributed by atoms with van der Waals surface area (Å²) in [5, 5.41) is 9.36. The molecular formula is C20H23BrClNO2. The molecule has 2 aromatic carbocycles. The molecule has 0 radical (unpaired) electrons. The lowest BCUT2D eigenvalue weighted by atomic mass is 9.85. The Hall–Kier alpha value is -1.36. The first kappa shape index (κ1) is 20.0. The number of aromatic carboxylic acids is 1. The third-order valence-corrected chi connectivity index (χ3v) is 5.63. The van der Waals surface area contributed by atoms with Crippen LogP contribution in [0.1, 0.15) is 45.8 Å². The Kier molecular flexibility index (Phi) is 7.05. The highest BCUT2D eigenvalue weighted by molar-refractivity contribution is 9.10. The lowest BCUT2D eigenvalue weighted by Gasteiger charge is -2.33. The molecule has 134 valence electrons. The number of hydrogen-bond acceptors (Lipinski definition) is 2. The van der Waals surface area contributed by atoms with Crippen LogP contribution in [0.25, 0.3) is 0 Å². The monoisotopic (exact) mass is 423 g/mol. The molecule has 0 amide bonds. The highest BCUT2D eigenvalue weighted by Gasteiger charge is 2.25. The highest BCUT2D eigenvalue weighted by Crippen LogP contribution is 2.36. The van der Waals surface area contributed by atoms with Crippen molar-refractivity contribution in [1.29, 1.82) is 0 Å². The minimum Gasteiger partial charge on any atom is -0.478 e. The summed E-state index contributed by atoms with van der Waals surface area (Å²) in [7, 11) is 0. The van der Waals surface area contributed by atoms with Crippen molar-refractivity contribution in [1.82, 2.24) is 4.90 Å². The molecule has 0 bridgehead atoms. The van der Waals surface area contributed by atoms with E-state index < -0.39 is 5.97 Å². The zero-order valence-corrected chi connectivity index (χ0v) is 16.6. The Balaban J connectivity index is 0.00000225. The van der Waals surface area contributed by atoms with E-state index in [1.807, 2.05) is 19.1 Å². The van der Waals surface area contributed by atoms with Gasteiger partial charge in [0.05, 0.1) is 5.56 Å². The summed E-state index contributed by atoms with van der Waals surface area (Å²) in [5.74, 6) is -0.423. The van der Waals surface area contributed by atoms with Gasteiger partial charge in [-0.15, -0.1) is 12.4 Å². The molecular weight excluding hydrogens is 402 g/mol. The summed E-state index contributed by atoms with van der Waals surface area (Å²) < 4.78 is 1.03. The summed E-state index contributed by atoms with van der Waals surface area (Å²) in [4.78, 5) is 13.9. The maximum Gasteiger partial charge on any atom is 0.335 e. The molecule has 0 aromatic heterocycles. The first-order valence-electron chi connectivity index (χ1n) is 8.35. The van der Waals surface area contributed by atoms with Crippen LogP contribution in [0.2, 0.25) is 0 Å². The minimum atomic E-state index is -0.845. The van der Waals surface area contributed by atoms with Crippen molar-refractivity contribution in [3.05, 3.63) is 69.2 Å². The lowest BCUT2D eigenvalue weighted by Crippen LogP contribution is -2.32. The van der Waals surface area contributed by atoms with E-state index in [9.17, 15) is 9.90 Å². The van der Waals surface area contributed by atoms with Gasteiger partial charge in [0.15, 0.2) is 0 Å². The van der Waals surface area contributed by atoms with Gasteiger partial charge in [-0.1, -0.05) is 46.3 Å². The second kappa shape index (κ2) is 8.84. The van der Waals surface area contributed by atoms with E-state index in [2.05, 4.69) is 45.1 Å². The number of piperidine rings is 1. The van der Waals surface area contributed by atoms with Crippen LogP contribution >= 0.6 is 28.3 Å². The number of likely N-dealkylation sites (tertiary alicyclic amines) is 1. The van der Waals surface area contributed by atoms with Crippen molar-refractivity contribution in [2.24, 2.45) is 0 Å². The van der Waals surface area contributed by atoms with Gasteiger partial charge < -0.3 is 5.11 Å². The van der Waals surface area contributed by atoms with E-state index in [1.165, 1.54) is 11.1 Å². The molecule has 0 unspecified atom stereocenters. The quantitative estimate of drug-likeness (QED) is 0.728. The van der Waals surface area contributed by atoms with Crippen LogP contribution in [0, 0.1) is 6.92 Å². The summed E-state index contributed by atoms with van der Waals surface area (Å²) >= 11 is 3.63. The second-order valence-corrected chi connectivity index (χ2v) is 7.33. The number of carboxylic acids is 1. The average Bonchev–Trinajstić information content (AvgIpc) is 2.57. The van der Waals surface area contributed by atoms with Crippen molar-refractivity contribution >= 4 is 34.3 Å². The van der Waals surface area contributed by atoms with Crippen molar-refractivity contribution < 1.29 is 9.90 Å². The first-order chi connectivity index (χ1) is 11.6. The van der Waals surface area contributed by atoms with Crippen molar-refractivity contribution in [2.45, 2.75) is 32.2 Å². The molecule has 1 heterocycles. The van der Waals surface area contributed by atoms with E-state index in [-0.39, 0.29) is 12.4 Å². The molecule has 5 heteroatoms. The van der Waals surface area contributed by atoms with Crippen molar-refractivity contribution in [2.75, 3.05) is 13.1 Å². The van der Waals surface area contributed by atoms with Crippen LogP contribution in [0.5, 0.6) is 0 Å². The van der Waals surface area contributed by atoms with Gasteiger partial charge in [0.2, 0.25) is 0 Å². The van der Waals surface area contributed by atoms with E-state index in [4.69, 9.17) is 0 Å². The van der Waals surface area contributed by atoms with Gasteiger partial charge in [0.1, 0.15) is 0 Å². The molecule has 25 heavy (non-hydrogen) atoms. The van der Waals surface area contributed by atoms with E-state index >= 15 is 0 Å². The predicted molar refractivity (Wildman–Crippen MR) is 107 cm³/mol. The summed E-state index contributed by atoms with van der Waals surface area (Å²) in [6.07, 6.45) is 2.13. The number of carboxylic acid groups (broad SMARTS) is 1. The highest BCUT2D eigenvalue weighted by atomic mass is 79.9. The smallest absolute Gasteiger partial charge is 0.335 e. The fourth-order valence-corrected chi connectivity index (χ4v) is 4.40. The maximum atomic E-state index is 11.4. The zero-order chi connectivity index (χ0) is 17.1. The van der Waals surface area contributed by atoms with E-state index in [0.29, 0.717) is 11.5 Å². The number of nitrogens with zero attached hydrogens (tertiary/aromatic N) is 1. The topological polar surface area (TPSA) is 40.5 Å². The molecule has 1 fully saturated rings. The van der Waals surface area contributed by atoms with Gasteiger partial charge >= 0.3 is 5.97 Å². The predicted octanol–water partition coefficient (Wildman–Crippen LogP) is 5.26. The Morgan fingerprint density at radius 2 is 1.80 bits per heavy atom. The number of rotatable bonds is 4. The normalized spacial score (nSPS) is 15.6. The molecule has 0 aliphatic carbocycles. The second-order valence-electron chi connectivity index (χ2n) is 6.47. The van der Waals surface area contributed by atoms with Crippen LogP contribution in [-0.2, 0) is 6.54 Å². The molecule has 1 saturated heterocycles. The lowest BCUT2D eigenvalue weighted by molar-refractivity contribution is 0.0696. The van der Waals surface area contributed by atoms with Crippen molar-refractivity contribution in [3.8, 4) is 0 Å². The third-order valence-electron chi connectivity index (χ3n) is 4.94. The third kappa shape index (κ3) is 4.63. The summed E-state index contributed by atoms with van der Waals surface area (Å²) in [5.41, 5.74) is 3.84. The van der Waals surface area contributed by atoms with Crippen LogP contribution in [-0.4, -0.2) is 29.1 Å². The molecule has 1 aliphatic rings. The van der Waals surface area contributed by atoms with Crippen LogP contribution in [0.4, 0.5) is 0 Å². The summed E-state index contributed by atoms with van der Waals surface area (Å²) in [6, 6.07) is 14.1. The van der Waals surface area contributed by atoms with E-state index in [0.717, 1.165) is 42.5 Å². The standard InChI is InChI=1S/C20H22BrNO2.ClH/c1-14-17(20(23)24)7-8-18(21)19(14)16-9-11-22(12-10-16)13-15-5-3-2-4-6-15;/h2-8,16H,9-13H2,1H3,(H,23,24);1H. The summed E-state index contributed by atoms with van der Waals surface area (Å²) in [6.45, 7) is 5.01. The van der Waals surface area contributed by atoms with Gasteiger partial charge in [-0.25, -0.2) is 4.79 Å². The largest absolute Gasteiger partial charge is 0.478 e. The number of halogens is 2.